The molecule has 2 rings (SSSR count). The summed E-state index contributed by atoms with van der Waals surface area (Å²) >= 11 is 5.64. The quantitative estimate of drug-likeness (QED) is 0.798. The number of benzene rings is 1. The molecular weight excluding hydrogens is 286 g/mol. The molecule has 21 heavy (non-hydrogen) atoms. The van der Waals surface area contributed by atoms with Gasteiger partial charge in [-0.25, -0.2) is 0 Å². The van der Waals surface area contributed by atoms with Crippen molar-refractivity contribution in [2.24, 2.45) is 0 Å². The fourth-order valence-corrected chi connectivity index (χ4v) is 2.88. The topological polar surface area (TPSA) is 30.9 Å². The highest BCUT2D eigenvalue weighted by atomic mass is 32.1. The smallest absolute Gasteiger partial charge is 0.161 e. The van der Waals surface area contributed by atoms with E-state index in [9.17, 15) is 0 Å². The molecule has 0 amide bonds. The first-order valence-electron chi connectivity index (χ1n) is 7.30. The molecular formula is C16H23NO3S. The zero-order valence-corrected chi connectivity index (χ0v) is 13.9. The fraction of sp³-hybridized carbons (Fsp3) is 0.562. The van der Waals surface area contributed by atoms with Crippen LogP contribution in [0.5, 0.6) is 11.5 Å². The van der Waals surface area contributed by atoms with Crippen LogP contribution in [0, 0.1) is 0 Å². The van der Waals surface area contributed by atoms with Crippen molar-refractivity contribution < 1.29 is 14.2 Å². The van der Waals surface area contributed by atoms with Gasteiger partial charge in [0, 0.05) is 18.7 Å². The molecule has 0 spiro atoms. The minimum Gasteiger partial charge on any atom is -0.493 e. The predicted octanol–water partition coefficient (Wildman–Crippen LogP) is 2.88. The first-order valence-corrected chi connectivity index (χ1v) is 7.71. The zero-order valence-electron chi connectivity index (χ0n) is 13.1. The Morgan fingerprint density at radius 3 is 2.52 bits per heavy atom. The first kappa shape index (κ1) is 16.0. The average Bonchev–Trinajstić information content (AvgIpc) is 2.46. The lowest BCUT2D eigenvalue weighted by Crippen LogP contribution is -2.47. The maximum absolute atomic E-state index is 5.75. The van der Waals surface area contributed by atoms with E-state index < -0.39 is 0 Å². The van der Waals surface area contributed by atoms with Crippen molar-refractivity contribution in [2.75, 3.05) is 26.8 Å². The van der Waals surface area contributed by atoms with Crippen molar-refractivity contribution >= 4 is 17.2 Å². The molecule has 0 saturated carbocycles. The lowest BCUT2D eigenvalue weighted by molar-refractivity contribution is -0.0472. The van der Waals surface area contributed by atoms with Gasteiger partial charge in [0.1, 0.15) is 4.99 Å². The van der Waals surface area contributed by atoms with E-state index in [4.69, 9.17) is 26.4 Å². The summed E-state index contributed by atoms with van der Waals surface area (Å²) in [4.78, 5) is 3.03. The van der Waals surface area contributed by atoms with Crippen LogP contribution in [0.1, 0.15) is 26.3 Å². The van der Waals surface area contributed by atoms with Crippen LogP contribution in [0.4, 0.5) is 0 Å². The van der Waals surface area contributed by atoms with Gasteiger partial charge in [-0.3, -0.25) is 0 Å². The van der Waals surface area contributed by atoms with Crippen molar-refractivity contribution in [3.63, 3.8) is 0 Å². The number of hydrogen-bond donors (Lipinski definition) is 0. The van der Waals surface area contributed by atoms with Gasteiger partial charge in [-0.2, -0.15) is 0 Å². The number of rotatable bonds is 4. The van der Waals surface area contributed by atoms with Crippen LogP contribution in [-0.4, -0.2) is 48.9 Å². The van der Waals surface area contributed by atoms with Gasteiger partial charge in [-0.1, -0.05) is 12.2 Å². The standard InChI is InChI=1S/C16H23NO3S/c1-5-19-14-7-6-13(8-15(14)18-4)16(21)17-9-11(2)20-12(3)10-17/h6-8,11-12H,5,9-10H2,1-4H3. The number of nitrogens with zero attached hydrogens (tertiary/aromatic N) is 1. The van der Waals surface area contributed by atoms with Crippen LogP contribution in [0.25, 0.3) is 0 Å². The van der Waals surface area contributed by atoms with E-state index in [1.807, 2.05) is 25.1 Å². The highest BCUT2D eigenvalue weighted by Crippen LogP contribution is 2.29. The Morgan fingerprint density at radius 2 is 1.95 bits per heavy atom. The minimum absolute atomic E-state index is 0.191. The summed E-state index contributed by atoms with van der Waals surface area (Å²) in [5.74, 6) is 1.46. The second-order valence-electron chi connectivity index (χ2n) is 5.27. The van der Waals surface area contributed by atoms with Gasteiger partial charge >= 0.3 is 0 Å². The van der Waals surface area contributed by atoms with Crippen molar-refractivity contribution in [3.05, 3.63) is 23.8 Å². The molecule has 1 saturated heterocycles. The summed E-state index contributed by atoms with van der Waals surface area (Å²) in [5, 5.41) is 0. The second-order valence-corrected chi connectivity index (χ2v) is 5.65. The summed E-state index contributed by atoms with van der Waals surface area (Å²) in [6, 6.07) is 5.84. The number of thiocarbonyl (C=S) groups is 1. The molecule has 2 unspecified atom stereocenters. The molecule has 1 aromatic carbocycles. The van der Waals surface area contributed by atoms with Crippen LogP contribution in [-0.2, 0) is 4.74 Å². The number of hydrogen-bond acceptors (Lipinski definition) is 4. The monoisotopic (exact) mass is 309 g/mol. The van der Waals surface area contributed by atoms with E-state index in [1.165, 1.54) is 0 Å². The van der Waals surface area contributed by atoms with Crippen molar-refractivity contribution in [1.29, 1.82) is 0 Å². The van der Waals surface area contributed by atoms with Crippen LogP contribution in [0.2, 0.25) is 0 Å². The van der Waals surface area contributed by atoms with Crippen molar-refractivity contribution in [2.45, 2.75) is 33.0 Å². The molecule has 0 N–H and O–H groups in total. The lowest BCUT2D eigenvalue weighted by Gasteiger charge is -2.37. The second kappa shape index (κ2) is 7.09. The fourth-order valence-electron chi connectivity index (χ4n) is 2.60. The van der Waals surface area contributed by atoms with E-state index in [0.717, 1.165) is 29.4 Å². The summed E-state index contributed by atoms with van der Waals surface area (Å²) in [7, 11) is 1.64. The maximum atomic E-state index is 5.75. The van der Waals surface area contributed by atoms with Gasteiger partial charge in [0.15, 0.2) is 11.5 Å². The molecule has 1 fully saturated rings. The Morgan fingerprint density at radius 1 is 1.29 bits per heavy atom. The van der Waals surface area contributed by atoms with Gasteiger partial charge in [0.2, 0.25) is 0 Å². The largest absolute Gasteiger partial charge is 0.493 e. The molecule has 2 atom stereocenters. The predicted molar refractivity (Wildman–Crippen MR) is 87.4 cm³/mol. The molecule has 0 aromatic heterocycles. The highest BCUT2D eigenvalue weighted by Gasteiger charge is 2.24. The van der Waals surface area contributed by atoms with Crippen LogP contribution < -0.4 is 9.47 Å². The molecule has 1 heterocycles. The van der Waals surface area contributed by atoms with E-state index >= 15 is 0 Å². The third-order valence-electron chi connectivity index (χ3n) is 3.42. The normalized spacial score (nSPS) is 22.0. The lowest BCUT2D eigenvalue weighted by atomic mass is 10.1. The van der Waals surface area contributed by atoms with Gasteiger partial charge < -0.3 is 19.1 Å². The summed E-state index contributed by atoms with van der Waals surface area (Å²) in [5.41, 5.74) is 0.978. The Labute approximate surface area is 132 Å². The van der Waals surface area contributed by atoms with Gasteiger partial charge in [0.05, 0.1) is 25.9 Å². The van der Waals surface area contributed by atoms with E-state index in [0.29, 0.717) is 12.4 Å². The summed E-state index contributed by atoms with van der Waals surface area (Å²) in [6.07, 6.45) is 0.382. The third-order valence-corrected chi connectivity index (χ3v) is 3.91. The molecule has 1 aromatic rings. The van der Waals surface area contributed by atoms with Crippen LogP contribution in [0.15, 0.2) is 18.2 Å². The Balaban J connectivity index is 2.19. The molecule has 0 radical (unpaired) electrons. The van der Waals surface area contributed by atoms with Crippen LogP contribution >= 0.6 is 12.2 Å². The number of methoxy groups -OCH3 is 1. The summed E-state index contributed by atoms with van der Waals surface area (Å²) in [6.45, 7) is 8.35. The Bertz CT molecular complexity index is 496. The molecule has 1 aliphatic heterocycles. The van der Waals surface area contributed by atoms with E-state index in [2.05, 4.69) is 18.7 Å². The SMILES string of the molecule is CCOc1ccc(C(=S)N2CC(C)OC(C)C2)cc1OC. The Kier molecular flexibility index (Phi) is 5.42. The molecule has 4 nitrogen and oxygen atoms in total. The zero-order chi connectivity index (χ0) is 15.4. The number of morpholine rings is 1. The highest BCUT2D eigenvalue weighted by molar-refractivity contribution is 7.80. The average molecular weight is 309 g/mol. The minimum atomic E-state index is 0.191. The first-order chi connectivity index (χ1) is 10.0. The van der Waals surface area contributed by atoms with E-state index in [-0.39, 0.29) is 12.2 Å². The number of ether oxygens (including phenoxy) is 3. The van der Waals surface area contributed by atoms with Gasteiger partial charge in [-0.05, 0) is 39.0 Å². The third kappa shape index (κ3) is 3.86. The van der Waals surface area contributed by atoms with E-state index in [1.54, 1.807) is 7.11 Å². The molecule has 5 heteroatoms. The van der Waals surface area contributed by atoms with Crippen LogP contribution in [0.3, 0.4) is 0 Å². The maximum Gasteiger partial charge on any atom is 0.161 e. The molecule has 116 valence electrons. The Hall–Kier alpha value is -1.33. The summed E-state index contributed by atoms with van der Waals surface area (Å²) < 4.78 is 16.7. The van der Waals surface area contributed by atoms with Gasteiger partial charge in [-0.15, -0.1) is 0 Å². The molecule has 0 bridgehead atoms. The molecule has 0 aliphatic carbocycles. The molecule has 1 aliphatic rings. The van der Waals surface area contributed by atoms with Gasteiger partial charge in [0.25, 0.3) is 0 Å². The van der Waals surface area contributed by atoms with Crippen molar-refractivity contribution in [3.8, 4) is 11.5 Å². The van der Waals surface area contributed by atoms with Crippen molar-refractivity contribution in [1.82, 2.24) is 4.90 Å².